The van der Waals surface area contributed by atoms with Crippen LogP contribution in [0.2, 0.25) is 0 Å². The van der Waals surface area contributed by atoms with Crippen LogP contribution in [-0.4, -0.2) is 36.7 Å². The zero-order chi connectivity index (χ0) is 14.3. The summed E-state index contributed by atoms with van der Waals surface area (Å²) in [6.45, 7) is 11.5. The Hall–Kier alpha value is -1.10. The van der Waals surface area contributed by atoms with Crippen LogP contribution < -0.4 is 5.32 Å². The molecule has 0 rings (SSSR count). The zero-order valence-electron chi connectivity index (χ0n) is 12.2. The minimum Gasteiger partial charge on any atom is -0.444 e. The highest BCUT2D eigenvalue weighted by Gasteiger charge is 2.22. The predicted octanol–water partition coefficient (Wildman–Crippen LogP) is 2.14. The molecule has 0 unspecified atom stereocenters. The lowest BCUT2D eigenvalue weighted by Crippen LogP contribution is -2.45. The van der Waals surface area contributed by atoms with Gasteiger partial charge in [0, 0.05) is 6.61 Å². The van der Waals surface area contributed by atoms with Gasteiger partial charge in [0.2, 0.25) is 0 Å². The van der Waals surface area contributed by atoms with Gasteiger partial charge in [0.25, 0.3) is 0 Å². The zero-order valence-corrected chi connectivity index (χ0v) is 12.2. The largest absolute Gasteiger partial charge is 0.444 e. The quantitative estimate of drug-likeness (QED) is 0.793. The lowest BCUT2D eigenvalue weighted by atomic mass is 10.2. The van der Waals surface area contributed by atoms with Crippen molar-refractivity contribution in [3.63, 3.8) is 0 Å². The van der Waals surface area contributed by atoms with Gasteiger partial charge in [0.05, 0.1) is 6.61 Å². The van der Waals surface area contributed by atoms with Crippen LogP contribution in [-0.2, 0) is 14.3 Å². The first-order valence-corrected chi connectivity index (χ1v) is 6.19. The molecule has 5 nitrogen and oxygen atoms in total. The molecular weight excluding hydrogens is 234 g/mol. The van der Waals surface area contributed by atoms with Crippen molar-refractivity contribution < 1.29 is 19.1 Å². The van der Waals surface area contributed by atoms with Gasteiger partial charge in [-0.05, 0) is 33.6 Å². The van der Waals surface area contributed by atoms with E-state index in [4.69, 9.17) is 9.47 Å². The van der Waals surface area contributed by atoms with Gasteiger partial charge in [-0.2, -0.15) is 0 Å². The molecule has 0 aromatic rings. The number of hydrogen-bond acceptors (Lipinski definition) is 4. The van der Waals surface area contributed by atoms with Crippen LogP contribution in [0.4, 0.5) is 4.79 Å². The number of ether oxygens (including phenoxy) is 2. The Morgan fingerprint density at radius 3 is 2.11 bits per heavy atom. The van der Waals surface area contributed by atoms with E-state index in [0.717, 1.165) is 0 Å². The van der Waals surface area contributed by atoms with Crippen molar-refractivity contribution in [1.29, 1.82) is 0 Å². The lowest BCUT2D eigenvalue weighted by molar-refractivity contribution is -0.120. The lowest BCUT2D eigenvalue weighted by Gasteiger charge is -2.22. The van der Waals surface area contributed by atoms with E-state index in [9.17, 15) is 9.59 Å². The number of carbonyl (C=O) groups excluding carboxylic acids is 2. The van der Waals surface area contributed by atoms with Gasteiger partial charge in [-0.25, -0.2) is 4.79 Å². The Kier molecular flexibility index (Phi) is 6.91. The molecule has 0 heterocycles. The maximum atomic E-state index is 11.5. The fourth-order valence-corrected chi connectivity index (χ4v) is 1.13. The van der Waals surface area contributed by atoms with Crippen LogP contribution in [0.5, 0.6) is 0 Å². The van der Waals surface area contributed by atoms with Gasteiger partial charge in [-0.3, -0.25) is 4.79 Å². The number of nitrogens with one attached hydrogen (secondary N) is 1. The molecule has 0 aliphatic rings. The van der Waals surface area contributed by atoms with Crippen molar-refractivity contribution in [2.24, 2.45) is 5.92 Å². The SMILES string of the molecule is CC(=O)[C@H](COCC(C)C)NC(=O)OC(C)(C)C. The molecule has 0 spiro atoms. The van der Waals surface area contributed by atoms with E-state index in [1.54, 1.807) is 20.8 Å². The van der Waals surface area contributed by atoms with Crippen molar-refractivity contribution >= 4 is 11.9 Å². The third kappa shape index (κ3) is 8.98. The molecule has 1 N–H and O–H groups in total. The number of hydrogen-bond donors (Lipinski definition) is 1. The molecule has 106 valence electrons. The summed E-state index contributed by atoms with van der Waals surface area (Å²) < 4.78 is 10.4. The first kappa shape index (κ1) is 16.9. The van der Waals surface area contributed by atoms with Crippen LogP contribution in [0, 0.1) is 5.92 Å². The van der Waals surface area contributed by atoms with E-state index in [-0.39, 0.29) is 12.4 Å². The fraction of sp³-hybridized carbons (Fsp3) is 0.846. The second-order valence-corrected chi connectivity index (χ2v) is 5.74. The first-order valence-electron chi connectivity index (χ1n) is 6.19. The number of carbonyl (C=O) groups is 2. The fourth-order valence-electron chi connectivity index (χ4n) is 1.13. The topological polar surface area (TPSA) is 64.6 Å². The molecule has 0 aromatic heterocycles. The van der Waals surface area contributed by atoms with E-state index in [0.29, 0.717) is 12.5 Å². The van der Waals surface area contributed by atoms with E-state index in [1.165, 1.54) is 6.92 Å². The summed E-state index contributed by atoms with van der Waals surface area (Å²) in [7, 11) is 0. The van der Waals surface area contributed by atoms with Gasteiger partial charge in [0.1, 0.15) is 11.6 Å². The molecule has 0 radical (unpaired) electrons. The monoisotopic (exact) mass is 259 g/mol. The summed E-state index contributed by atoms with van der Waals surface area (Å²) >= 11 is 0. The highest BCUT2D eigenvalue weighted by Crippen LogP contribution is 2.07. The van der Waals surface area contributed by atoms with Crippen molar-refractivity contribution in [2.75, 3.05) is 13.2 Å². The van der Waals surface area contributed by atoms with Crippen LogP contribution >= 0.6 is 0 Å². The molecule has 0 aromatic carbocycles. The third-order valence-electron chi connectivity index (χ3n) is 1.92. The van der Waals surface area contributed by atoms with Gasteiger partial charge >= 0.3 is 6.09 Å². The summed E-state index contributed by atoms with van der Waals surface area (Å²) in [5, 5.41) is 2.51. The summed E-state index contributed by atoms with van der Waals surface area (Å²) in [6.07, 6.45) is -0.601. The minimum absolute atomic E-state index is 0.149. The Morgan fingerprint density at radius 2 is 1.72 bits per heavy atom. The Balaban J connectivity index is 4.19. The van der Waals surface area contributed by atoms with Gasteiger partial charge in [0.15, 0.2) is 5.78 Å². The number of amides is 1. The van der Waals surface area contributed by atoms with Crippen LogP contribution in [0.25, 0.3) is 0 Å². The van der Waals surface area contributed by atoms with Crippen LogP contribution in [0.15, 0.2) is 0 Å². The number of alkyl carbamates (subject to hydrolysis) is 1. The number of Topliss-reactive ketones (excluding diaryl/α,β-unsaturated/α-hetero) is 1. The van der Waals surface area contributed by atoms with E-state index < -0.39 is 17.7 Å². The molecule has 0 aliphatic carbocycles. The Morgan fingerprint density at radius 1 is 1.17 bits per heavy atom. The average Bonchev–Trinajstić information content (AvgIpc) is 2.12. The molecule has 0 bridgehead atoms. The maximum Gasteiger partial charge on any atom is 0.408 e. The molecular formula is C13H25NO4. The Bertz CT molecular complexity index is 281. The Labute approximate surface area is 109 Å². The minimum atomic E-state index is -0.654. The van der Waals surface area contributed by atoms with Crippen molar-refractivity contribution in [3.05, 3.63) is 0 Å². The molecule has 1 atom stereocenters. The molecule has 0 saturated carbocycles. The highest BCUT2D eigenvalue weighted by atomic mass is 16.6. The van der Waals surface area contributed by atoms with Crippen molar-refractivity contribution in [2.45, 2.75) is 53.2 Å². The summed E-state index contributed by atoms with van der Waals surface area (Å²) in [5.41, 5.74) is -0.579. The molecule has 0 saturated heterocycles. The first-order chi connectivity index (χ1) is 8.11. The van der Waals surface area contributed by atoms with Gasteiger partial charge in [-0.1, -0.05) is 13.8 Å². The number of ketones is 1. The number of rotatable bonds is 6. The van der Waals surface area contributed by atoms with Gasteiger partial charge < -0.3 is 14.8 Å². The average molecular weight is 259 g/mol. The van der Waals surface area contributed by atoms with Crippen molar-refractivity contribution in [3.8, 4) is 0 Å². The molecule has 18 heavy (non-hydrogen) atoms. The molecule has 5 heteroatoms. The van der Waals surface area contributed by atoms with E-state index in [2.05, 4.69) is 5.32 Å². The molecule has 0 aliphatic heterocycles. The van der Waals surface area contributed by atoms with E-state index >= 15 is 0 Å². The smallest absolute Gasteiger partial charge is 0.408 e. The summed E-state index contributed by atoms with van der Waals surface area (Å²) in [4.78, 5) is 22.9. The van der Waals surface area contributed by atoms with Gasteiger partial charge in [-0.15, -0.1) is 0 Å². The van der Waals surface area contributed by atoms with Crippen LogP contribution in [0.1, 0.15) is 41.5 Å². The second-order valence-electron chi connectivity index (χ2n) is 5.74. The maximum absolute atomic E-state index is 11.5. The normalized spacial score (nSPS) is 13.3. The standard InChI is InChI=1S/C13H25NO4/c1-9(2)7-17-8-11(10(3)15)14-12(16)18-13(4,5)6/h9,11H,7-8H2,1-6H3,(H,14,16)/t11-/m0/s1. The predicted molar refractivity (Wildman–Crippen MR) is 69.5 cm³/mol. The molecule has 1 amide bonds. The third-order valence-corrected chi connectivity index (χ3v) is 1.92. The van der Waals surface area contributed by atoms with Crippen LogP contribution in [0.3, 0.4) is 0 Å². The highest BCUT2D eigenvalue weighted by molar-refractivity contribution is 5.85. The summed E-state index contributed by atoms with van der Waals surface area (Å²) in [6, 6.07) is -0.654. The van der Waals surface area contributed by atoms with E-state index in [1.807, 2.05) is 13.8 Å². The molecule has 0 fully saturated rings. The second kappa shape index (κ2) is 7.36. The summed E-state index contributed by atoms with van der Waals surface area (Å²) in [5.74, 6) is 0.240. The van der Waals surface area contributed by atoms with Crippen molar-refractivity contribution in [1.82, 2.24) is 5.32 Å².